The van der Waals surface area contributed by atoms with Crippen molar-refractivity contribution in [3.8, 4) is 17.2 Å². The molecule has 0 N–H and O–H groups in total. The summed E-state index contributed by atoms with van der Waals surface area (Å²) in [4.78, 5) is 44.4. The van der Waals surface area contributed by atoms with Crippen LogP contribution in [-0.4, -0.2) is 43.4 Å². The molecule has 12 heteroatoms. The summed E-state index contributed by atoms with van der Waals surface area (Å²) in [7, 11) is 1.27. The number of hydrogen-bond donors (Lipinski definition) is 0. The molecule has 0 radical (unpaired) electrons. The number of rotatable bonds is 12. The molecule has 2 heterocycles. The van der Waals surface area contributed by atoms with Crippen LogP contribution < -0.4 is 29.1 Å². The lowest BCUT2D eigenvalue weighted by molar-refractivity contribution is -0.143. The lowest BCUT2D eigenvalue weighted by atomic mass is 9.95. The SMILES string of the molecule is CCOC(=O)C1=C(C)N=c2s/c(=C\c3cc(Br)ccc3OCc3ccccc3)c(=O)n2[C@H]1c1ccc(OCC(=O)OC)c(OCC)c1. The van der Waals surface area contributed by atoms with Gasteiger partial charge in [0.1, 0.15) is 12.4 Å². The van der Waals surface area contributed by atoms with Gasteiger partial charge in [-0.3, -0.25) is 9.36 Å². The molecule has 5 rings (SSSR count). The zero-order valence-electron chi connectivity index (χ0n) is 26.3. The van der Waals surface area contributed by atoms with Crippen LogP contribution in [-0.2, 0) is 25.7 Å². The van der Waals surface area contributed by atoms with Gasteiger partial charge in [0.05, 0.1) is 42.2 Å². The lowest BCUT2D eigenvalue weighted by Gasteiger charge is -2.25. The third-order valence-corrected chi connectivity index (χ3v) is 8.65. The Labute approximate surface area is 283 Å². The molecular formula is C35H33BrN2O8S. The topological polar surface area (TPSA) is 115 Å². The number of aromatic nitrogens is 1. The van der Waals surface area contributed by atoms with Crippen LogP contribution in [0.4, 0.5) is 0 Å². The monoisotopic (exact) mass is 720 g/mol. The molecule has 47 heavy (non-hydrogen) atoms. The van der Waals surface area contributed by atoms with Crippen LogP contribution in [0.3, 0.4) is 0 Å². The van der Waals surface area contributed by atoms with Crippen LogP contribution in [0.2, 0.25) is 0 Å². The van der Waals surface area contributed by atoms with E-state index in [1.807, 2.05) is 55.5 Å². The first-order chi connectivity index (χ1) is 22.7. The first-order valence-electron chi connectivity index (χ1n) is 14.9. The standard InChI is InChI=1S/C35H33BrN2O8S/c1-5-43-28-17-23(12-14-27(28)46-20-30(39)42-4)32-31(34(41)44-6-2)21(3)37-35-38(32)33(40)29(47-35)18-24-16-25(36)13-15-26(24)45-19-22-10-8-7-9-11-22/h7-18,32H,5-6,19-20H2,1-4H3/b29-18-/t32-/m0/s1. The normalized spacial score (nSPS) is 14.2. The summed E-state index contributed by atoms with van der Waals surface area (Å²) in [5.41, 5.74) is 2.59. The van der Waals surface area contributed by atoms with Crippen LogP contribution >= 0.6 is 27.3 Å². The van der Waals surface area contributed by atoms with Crippen molar-refractivity contribution < 1.29 is 33.3 Å². The van der Waals surface area contributed by atoms with Gasteiger partial charge in [0.15, 0.2) is 22.9 Å². The van der Waals surface area contributed by atoms with Crippen molar-refractivity contribution >= 4 is 45.3 Å². The molecule has 4 aromatic rings. The smallest absolute Gasteiger partial charge is 0.343 e. The molecular weight excluding hydrogens is 688 g/mol. The fraction of sp³-hybridized carbons (Fsp3) is 0.257. The maximum Gasteiger partial charge on any atom is 0.343 e. The number of allylic oxidation sites excluding steroid dienone is 1. The third-order valence-electron chi connectivity index (χ3n) is 7.17. The molecule has 0 bridgehead atoms. The Morgan fingerprint density at radius 3 is 2.45 bits per heavy atom. The molecule has 1 aromatic heterocycles. The zero-order chi connectivity index (χ0) is 33.5. The van der Waals surface area contributed by atoms with Gasteiger partial charge in [-0.1, -0.05) is 63.7 Å². The Morgan fingerprint density at radius 1 is 0.957 bits per heavy atom. The molecule has 0 spiro atoms. The average molecular weight is 722 g/mol. The van der Waals surface area contributed by atoms with E-state index >= 15 is 0 Å². The van der Waals surface area contributed by atoms with Gasteiger partial charge in [-0.25, -0.2) is 14.6 Å². The molecule has 0 saturated heterocycles. The summed E-state index contributed by atoms with van der Waals surface area (Å²) in [6.07, 6.45) is 1.77. The number of fused-ring (bicyclic) bond motifs is 1. The number of esters is 2. The van der Waals surface area contributed by atoms with Crippen LogP contribution in [0.1, 0.15) is 43.5 Å². The Balaban J connectivity index is 1.63. The predicted molar refractivity (Wildman–Crippen MR) is 180 cm³/mol. The van der Waals surface area contributed by atoms with Gasteiger partial charge in [0.2, 0.25) is 0 Å². The first kappa shape index (κ1) is 33.7. The van der Waals surface area contributed by atoms with Gasteiger partial charge >= 0.3 is 11.9 Å². The van der Waals surface area contributed by atoms with Crippen molar-refractivity contribution in [3.05, 3.63) is 119 Å². The van der Waals surface area contributed by atoms with Gasteiger partial charge in [-0.2, -0.15) is 0 Å². The number of methoxy groups -OCH3 is 1. The largest absolute Gasteiger partial charge is 0.490 e. The second-order valence-corrected chi connectivity index (χ2v) is 12.2. The molecule has 0 aliphatic carbocycles. The quantitative estimate of drug-likeness (QED) is 0.186. The number of ether oxygens (including phenoxy) is 5. The molecule has 244 valence electrons. The third kappa shape index (κ3) is 7.66. The number of carbonyl (C=O) groups excluding carboxylic acids is 2. The van der Waals surface area contributed by atoms with E-state index in [0.717, 1.165) is 10.0 Å². The second kappa shape index (κ2) is 15.3. The van der Waals surface area contributed by atoms with E-state index in [0.29, 0.717) is 56.6 Å². The number of nitrogens with zero attached hydrogens (tertiary/aromatic N) is 2. The van der Waals surface area contributed by atoms with Crippen molar-refractivity contribution in [2.45, 2.75) is 33.4 Å². The predicted octanol–water partition coefficient (Wildman–Crippen LogP) is 5.09. The molecule has 1 aliphatic heterocycles. The van der Waals surface area contributed by atoms with Crippen LogP contribution in [0.15, 0.2) is 92.3 Å². The molecule has 10 nitrogen and oxygen atoms in total. The summed E-state index contributed by atoms with van der Waals surface area (Å²) in [6, 6.07) is 19.6. The van der Waals surface area contributed by atoms with Crippen LogP contribution in [0, 0.1) is 0 Å². The van der Waals surface area contributed by atoms with Gasteiger partial charge < -0.3 is 23.7 Å². The molecule has 3 aromatic carbocycles. The van der Waals surface area contributed by atoms with Crippen molar-refractivity contribution in [2.75, 3.05) is 26.9 Å². The number of carbonyl (C=O) groups is 2. The highest BCUT2D eigenvalue weighted by Crippen LogP contribution is 2.36. The van der Waals surface area contributed by atoms with E-state index in [9.17, 15) is 14.4 Å². The Morgan fingerprint density at radius 2 is 1.72 bits per heavy atom. The van der Waals surface area contributed by atoms with Crippen molar-refractivity contribution in [1.82, 2.24) is 4.57 Å². The second-order valence-electron chi connectivity index (χ2n) is 10.3. The minimum absolute atomic E-state index is 0.145. The van der Waals surface area contributed by atoms with Gasteiger partial charge in [-0.05, 0) is 68.3 Å². The summed E-state index contributed by atoms with van der Waals surface area (Å²) < 4.78 is 30.5. The fourth-order valence-corrected chi connectivity index (χ4v) is 6.44. The summed E-state index contributed by atoms with van der Waals surface area (Å²) in [5, 5.41) is 0. The molecule has 1 atom stereocenters. The van der Waals surface area contributed by atoms with E-state index in [-0.39, 0.29) is 24.3 Å². The van der Waals surface area contributed by atoms with Crippen LogP contribution in [0.25, 0.3) is 6.08 Å². The minimum atomic E-state index is -0.877. The van der Waals surface area contributed by atoms with E-state index in [2.05, 4.69) is 25.7 Å². The van der Waals surface area contributed by atoms with Gasteiger partial charge in [-0.15, -0.1) is 0 Å². The highest BCUT2D eigenvalue weighted by Gasteiger charge is 2.34. The number of hydrogen-bond acceptors (Lipinski definition) is 10. The minimum Gasteiger partial charge on any atom is -0.490 e. The van der Waals surface area contributed by atoms with Crippen molar-refractivity contribution in [2.24, 2.45) is 4.99 Å². The summed E-state index contributed by atoms with van der Waals surface area (Å²) in [5.74, 6) is 0.117. The number of thiazole rings is 1. The van der Waals surface area contributed by atoms with E-state index in [1.165, 1.54) is 23.0 Å². The first-order valence-corrected chi connectivity index (χ1v) is 16.5. The number of halogens is 1. The van der Waals surface area contributed by atoms with E-state index in [4.69, 9.17) is 18.9 Å². The van der Waals surface area contributed by atoms with Gasteiger partial charge in [0, 0.05) is 10.0 Å². The van der Waals surface area contributed by atoms with Crippen molar-refractivity contribution in [1.29, 1.82) is 0 Å². The number of benzene rings is 3. The summed E-state index contributed by atoms with van der Waals surface area (Å²) >= 11 is 4.75. The Kier molecular flexibility index (Phi) is 10.9. The Hall–Kier alpha value is -4.68. The maximum atomic E-state index is 14.2. The molecule has 0 unspecified atom stereocenters. The molecule has 1 aliphatic rings. The molecule has 0 saturated carbocycles. The highest BCUT2D eigenvalue weighted by molar-refractivity contribution is 9.10. The lowest BCUT2D eigenvalue weighted by Crippen LogP contribution is -2.40. The highest BCUT2D eigenvalue weighted by atomic mass is 79.9. The summed E-state index contributed by atoms with van der Waals surface area (Å²) in [6.45, 7) is 5.74. The maximum absolute atomic E-state index is 14.2. The molecule has 0 fully saturated rings. The van der Waals surface area contributed by atoms with E-state index < -0.39 is 18.0 Å². The van der Waals surface area contributed by atoms with Crippen molar-refractivity contribution in [3.63, 3.8) is 0 Å². The Bertz CT molecular complexity index is 2000. The van der Waals surface area contributed by atoms with Crippen LogP contribution in [0.5, 0.6) is 17.2 Å². The molecule has 0 amide bonds. The van der Waals surface area contributed by atoms with E-state index in [1.54, 1.807) is 38.1 Å². The average Bonchev–Trinajstić information content (AvgIpc) is 3.37. The van der Waals surface area contributed by atoms with Gasteiger partial charge in [0.25, 0.3) is 5.56 Å². The fourth-order valence-electron chi connectivity index (χ4n) is 5.02. The zero-order valence-corrected chi connectivity index (χ0v) is 28.7.